The number of hydrogen-bond acceptors (Lipinski definition) is 0. The second-order valence-corrected chi connectivity index (χ2v) is 0. The van der Waals surface area contributed by atoms with E-state index < -0.39 is 0 Å². The van der Waals surface area contributed by atoms with Gasteiger partial charge in [0.1, 0.15) is 0 Å². The number of hydrogen-bond donors (Lipinski definition) is 0. The molecule has 0 nitrogen and oxygen atoms in total. The first-order valence-electron chi connectivity index (χ1n) is 0. The van der Waals surface area contributed by atoms with Crippen LogP contribution in [-0.4, -0.2) is 0 Å². The van der Waals surface area contributed by atoms with E-state index in [-0.39, 0.29) is 69.5 Å². The van der Waals surface area contributed by atoms with Crippen LogP contribution in [0.15, 0.2) is 0 Å². The maximum atomic E-state index is 0. The summed E-state index contributed by atoms with van der Waals surface area (Å²) in [7, 11) is 0. The van der Waals surface area contributed by atoms with Crippen LogP contribution in [0.4, 0.5) is 0 Å². The molecule has 0 N–H and O–H groups in total. The summed E-state index contributed by atoms with van der Waals surface area (Å²) < 4.78 is 0. The Labute approximate surface area is 68.9 Å². The summed E-state index contributed by atoms with van der Waals surface area (Å²) >= 11 is 0. The smallest absolute Gasteiger partial charge is 0 e. The van der Waals surface area contributed by atoms with Crippen molar-refractivity contribution in [2.75, 3.05) is 0 Å². The van der Waals surface area contributed by atoms with Gasteiger partial charge in [-0.15, -0.1) is 0 Å². The van der Waals surface area contributed by atoms with Gasteiger partial charge in [0.15, 0.2) is 0 Å². The molecule has 0 atom stereocenters. The van der Waals surface area contributed by atoms with Crippen LogP contribution in [0.5, 0.6) is 0 Å². The second kappa shape index (κ2) is 19.3. The third kappa shape index (κ3) is 8.92. The van der Waals surface area contributed by atoms with Gasteiger partial charge >= 0.3 is 0 Å². The van der Waals surface area contributed by atoms with Gasteiger partial charge in [0.05, 0.1) is 0 Å². The van der Waals surface area contributed by atoms with Gasteiger partial charge in [0.25, 0.3) is 0 Å². The molecule has 4 heteroatoms. The van der Waals surface area contributed by atoms with Gasteiger partial charge in [-0.05, 0) is 0 Å². The molecule has 29 valence electrons. The molecule has 0 unspecified atom stereocenters. The Bertz CT molecular complexity index is 6.00. The van der Waals surface area contributed by atoms with Crippen molar-refractivity contribution in [2.24, 2.45) is 0 Å². The first-order chi connectivity index (χ1) is 0. The molecule has 0 aliphatic carbocycles. The van der Waals surface area contributed by atoms with Crippen molar-refractivity contribution in [1.82, 2.24) is 0 Å². The zero-order valence-electron chi connectivity index (χ0n) is 1.72. The molecule has 0 saturated heterocycles. The molecule has 0 saturated carbocycles. The van der Waals surface area contributed by atoms with Gasteiger partial charge in [-0.3, -0.25) is 0 Å². The SMILES string of the molecule is [Mn].[Ni].[Ni].[Zn]. The summed E-state index contributed by atoms with van der Waals surface area (Å²) in [5, 5.41) is 0. The van der Waals surface area contributed by atoms with E-state index in [2.05, 4.69) is 0 Å². The topological polar surface area (TPSA) is 0 Å². The molecule has 0 aromatic rings. The van der Waals surface area contributed by atoms with Crippen molar-refractivity contribution in [3.63, 3.8) is 0 Å². The third-order valence-electron chi connectivity index (χ3n) is 0. The Morgan fingerprint density at radius 2 is 0.750 bits per heavy atom. The molecule has 0 rings (SSSR count). The van der Waals surface area contributed by atoms with Crippen molar-refractivity contribution in [3.05, 3.63) is 0 Å². The fourth-order valence-electron chi connectivity index (χ4n) is 0. The van der Waals surface area contributed by atoms with E-state index in [0.29, 0.717) is 0 Å². The molecule has 0 aromatic heterocycles. The van der Waals surface area contributed by atoms with Gasteiger partial charge < -0.3 is 0 Å². The Morgan fingerprint density at radius 3 is 0.750 bits per heavy atom. The summed E-state index contributed by atoms with van der Waals surface area (Å²) in [6.07, 6.45) is 0. The van der Waals surface area contributed by atoms with E-state index in [1.807, 2.05) is 0 Å². The van der Waals surface area contributed by atoms with E-state index in [0.717, 1.165) is 0 Å². The van der Waals surface area contributed by atoms with Crippen LogP contribution in [-0.2, 0) is 69.5 Å². The van der Waals surface area contributed by atoms with Crippen LogP contribution in [0, 0.1) is 0 Å². The van der Waals surface area contributed by atoms with Gasteiger partial charge in [0.2, 0.25) is 0 Å². The van der Waals surface area contributed by atoms with E-state index >= 15 is 0 Å². The average molecular weight is 238 g/mol. The van der Waals surface area contributed by atoms with Crippen molar-refractivity contribution < 1.29 is 69.5 Å². The standard InChI is InChI=1S/Mn.2Ni.Zn. The van der Waals surface area contributed by atoms with E-state index in [1.54, 1.807) is 0 Å². The molecule has 0 fully saturated rings. The van der Waals surface area contributed by atoms with E-state index in [4.69, 9.17) is 0 Å². The quantitative estimate of drug-likeness (QED) is 0.520. The Morgan fingerprint density at radius 1 is 0.750 bits per heavy atom. The fourth-order valence-corrected chi connectivity index (χ4v) is 0. The number of rotatable bonds is 0. The molecule has 0 amide bonds. The summed E-state index contributed by atoms with van der Waals surface area (Å²) in [5.41, 5.74) is 0. The van der Waals surface area contributed by atoms with Crippen LogP contribution in [0.2, 0.25) is 0 Å². The minimum Gasteiger partial charge on any atom is 0 e. The molecule has 0 aliphatic heterocycles. The maximum Gasteiger partial charge on any atom is 0 e. The Hall–Kier alpha value is 2.13. The molecular weight excluding hydrogens is 238 g/mol. The van der Waals surface area contributed by atoms with Gasteiger partial charge in [0, 0.05) is 69.5 Å². The van der Waals surface area contributed by atoms with Crippen molar-refractivity contribution in [3.8, 4) is 0 Å². The zero-order valence-corrected chi connectivity index (χ0v) is 7.84. The first-order valence-corrected chi connectivity index (χ1v) is 0. The van der Waals surface area contributed by atoms with Crippen LogP contribution < -0.4 is 0 Å². The molecular formula is MnNi2Zn. The van der Waals surface area contributed by atoms with Crippen molar-refractivity contribution >= 4 is 0 Å². The Balaban J connectivity index is 0. The predicted molar refractivity (Wildman–Crippen MR) is 0 cm³/mol. The average Bonchev–Trinajstić information content (AvgIpc) is 0. The zero-order chi connectivity index (χ0) is 0. The second-order valence-electron chi connectivity index (χ2n) is 0. The molecule has 0 bridgehead atoms. The largest absolute Gasteiger partial charge is 0 e. The molecule has 0 heterocycles. The molecule has 0 spiro atoms. The summed E-state index contributed by atoms with van der Waals surface area (Å²) in [4.78, 5) is 0. The monoisotopic (exact) mass is 235 g/mol. The van der Waals surface area contributed by atoms with Crippen molar-refractivity contribution in [2.45, 2.75) is 0 Å². The third-order valence-corrected chi connectivity index (χ3v) is 0. The van der Waals surface area contributed by atoms with Gasteiger partial charge in [-0.1, -0.05) is 0 Å². The fraction of sp³-hybridized carbons (Fsp3) is 0. The van der Waals surface area contributed by atoms with Crippen LogP contribution >= 0.6 is 0 Å². The maximum absolute atomic E-state index is 0. The van der Waals surface area contributed by atoms with Crippen LogP contribution in [0.25, 0.3) is 0 Å². The Kier molecular flexibility index (Phi) is 171. The minimum atomic E-state index is 0. The molecule has 0 aromatic carbocycles. The summed E-state index contributed by atoms with van der Waals surface area (Å²) in [6.45, 7) is 0. The molecule has 4 heavy (non-hydrogen) atoms. The predicted octanol–water partition coefficient (Wildman–Crippen LogP) is -0.0100. The van der Waals surface area contributed by atoms with Gasteiger partial charge in [-0.25, -0.2) is 0 Å². The first kappa shape index (κ1) is 35.6. The van der Waals surface area contributed by atoms with Crippen LogP contribution in [0.1, 0.15) is 0 Å². The summed E-state index contributed by atoms with van der Waals surface area (Å²) in [6, 6.07) is 0. The van der Waals surface area contributed by atoms with E-state index in [1.165, 1.54) is 0 Å². The van der Waals surface area contributed by atoms with Gasteiger partial charge in [-0.2, -0.15) is 0 Å². The normalized spacial score (nSPS) is 0. The minimum absolute atomic E-state index is 0. The molecule has 1 radical (unpaired) electrons. The van der Waals surface area contributed by atoms with E-state index in [9.17, 15) is 0 Å². The van der Waals surface area contributed by atoms with Crippen LogP contribution in [0.3, 0.4) is 0 Å². The summed E-state index contributed by atoms with van der Waals surface area (Å²) in [5.74, 6) is 0. The van der Waals surface area contributed by atoms with Crippen molar-refractivity contribution in [1.29, 1.82) is 0 Å². The molecule has 0 aliphatic rings.